The number of aromatic nitrogens is 2. The zero-order chi connectivity index (χ0) is 41.8. The number of anilines is 2. The van der Waals surface area contributed by atoms with E-state index in [1.807, 2.05) is 79.3 Å². The van der Waals surface area contributed by atoms with Crippen LogP contribution in [0.4, 0.5) is 11.5 Å². The zero-order valence-corrected chi connectivity index (χ0v) is 34.1. The van der Waals surface area contributed by atoms with Gasteiger partial charge in [-0.15, -0.1) is 6.58 Å². The molecule has 2 fully saturated rings. The lowest BCUT2D eigenvalue weighted by Crippen LogP contribution is -2.75. The smallest absolute Gasteiger partial charge is 0.257 e. The number of piperazine rings is 1. The summed E-state index contributed by atoms with van der Waals surface area (Å²) < 4.78 is 1.89. The van der Waals surface area contributed by atoms with Crippen LogP contribution in [-0.2, 0) is 40.8 Å². The van der Waals surface area contributed by atoms with E-state index in [1.165, 1.54) is 0 Å². The normalized spacial score (nSPS) is 17.1. The molecule has 2 unspecified atom stereocenters. The van der Waals surface area contributed by atoms with Gasteiger partial charge in [0.25, 0.3) is 5.91 Å². The van der Waals surface area contributed by atoms with Crippen LogP contribution in [0.25, 0.3) is 10.9 Å². The molecule has 4 amide bonds. The molecule has 59 heavy (non-hydrogen) atoms. The highest BCUT2D eigenvalue weighted by molar-refractivity contribution is 6.13. The number of aryl methyl sites for hydroxylation is 2. The van der Waals surface area contributed by atoms with Crippen LogP contribution in [0.1, 0.15) is 47.3 Å². The third-order valence-corrected chi connectivity index (χ3v) is 11.0. The summed E-state index contributed by atoms with van der Waals surface area (Å²) in [5, 5.41) is 17.1. The number of nitrogens with zero attached hydrogens (tertiary/aromatic N) is 7. The van der Waals surface area contributed by atoms with Gasteiger partial charge >= 0.3 is 0 Å². The van der Waals surface area contributed by atoms with Crippen molar-refractivity contribution in [3.05, 3.63) is 132 Å². The maximum atomic E-state index is 14.7. The van der Waals surface area contributed by atoms with Crippen LogP contribution >= 0.6 is 0 Å². The molecule has 2 aromatic heterocycles. The fraction of sp³-hybridized carbons (Fsp3) is 0.326. The standard InChI is InChI=1S/C46H52N8O5/c1-6-23-52-30-43(57)53-39(24-33-15-19-36(55)20-16-33)46(59)51(29-41(53)54(52)42(56)22-17-32-11-8-7-9-12-32)27-34-13-10-14-37-38(28-50(5)44(34)37)45(58)48-35-18-21-40(47-25-35)49(4)26-31(2)3/h6-16,18-21,25,28,31,39,41,55H,1,17,22-24,26-27,29-30H2,2-5H3,(H,48,58). The maximum absolute atomic E-state index is 14.7. The first kappa shape index (κ1) is 40.7. The van der Waals surface area contributed by atoms with Gasteiger partial charge in [0.05, 0.1) is 36.1 Å². The summed E-state index contributed by atoms with van der Waals surface area (Å²) >= 11 is 0. The molecular formula is C46H52N8O5. The van der Waals surface area contributed by atoms with Crippen LogP contribution in [0.15, 0.2) is 110 Å². The minimum Gasteiger partial charge on any atom is -0.508 e. The van der Waals surface area contributed by atoms with Gasteiger partial charge in [-0.25, -0.2) is 15.0 Å². The average Bonchev–Trinajstić information content (AvgIpc) is 3.56. The van der Waals surface area contributed by atoms with Gasteiger partial charge in [-0.05, 0) is 53.3 Å². The van der Waals surface area contributed by atoms with Crippen LogP contribution < -0.4 is 10.2 Å². The molecule has 2 atom stereocenters. The Bertz CT molecular complexity index is 2330. The van der Waals surface area contributed by atoms with Crippen LogP contribution in [0.3, 0.4) is 0 Å². The second-order valence-electron chi connectivity index (χ2n) is 15.8. The molecule has 4 heterocycles. The minimum atomic E-state index is -0.916. The maximum Gasteiger partial charge on any atom is 0.257 e. The Balaban J connectivity index is 1.19. The Morgan fingerprint density at radius 3 is 2.46 bits per heavy atom. The van der Waals surface area contributed by atoms with Crippen LogP contribution in [0.2, 0.25) is 0 Å². The highest BCUT2D eigenvalue weighted by Gasteiger charge is 2.51. The summed E-state index contributed by atoms with van der Waals surface area (Å²) in [7, 11) is 3.86. The van der Waals surface area contributed by atoms with Crippen LogP contribution in [0.5, 0.6) is 5.75 Å². The van der Waals surface area contributed by atoms with Crippen molar-refractivity contribution in [1.29, 1.82) is 0 Å². The number of phenols is 1. The number of fused-ring (bicyclic) bond motifs is 2. The van der Waals surface area contributed by atoms with Crippen molar-refractivity contribution < 1.29 is 24.3 Å². The lowest BCUT2D eigenvalue weighted by molar-refractivity contribution is -0.205. The average molecular weight is 797 g/mol. The van der Waals surface area contributed by atoms with Gasteiger partial charge in [-0.1, -0.05) is 80.6 Å². The lowest BCUT2D eigenvalue weighted by atomic mass is 9.97. The first-order valence-corrected chi connectivity index (χ1v) is 20.1. The highest BCUT2D eigenvalue weighted by Crippen LogP contribution is 2.32. The number of nitrogens with one attached hydrogen (secondary N) is 1. The monoisotopic (exact) mass is 796 g/mol. The Hall–Kier alpha value is -6.47. The van der Waals surface area contributed by atoms with Gasteiger partial charge < -0.3 is 29.7 Å². The molecule has 13 nitrogen and oxygen atoms in total. The van der Waals surface area contributed by atoms with Crippen molar-refractivity contribution in [3.8, 4) is 5.75 Å². The molecule has 0 aliphatic carbocycles. The predicted octanol–water partition coefficient (Wildman–Crippen LogP) is 5.61. The number of para-hydroxylation sites is 1. The fourth-order valence-electron chi connectivity index (χ4n) is 8.36. The van der Waals surface area contributed by atoms with Gasteiger partial charge in [-0.2, -0.15) is 0 Å². The largest absolute Gasteiger partial charge is 0.508 e. The number of hydrazine groups is 1. The Morgan fingerprint density at radius 1 is 1.00 bits per heavy atom. The van der Waals surface area contributed by atoms with Gasteiger partial charge in [-0.3, -0.25) is 19.2 Å². The van der Waals surface area contributed by atoms with Crippen LogP contribution in [0, 0.1) is 5.92 Å². The number of amides is 4. The third-order valence-electron chi connectivity index (χ3n) is 11.0. The molecule has 0 bridgehead atoms. The summed E-state index contributed by atoms with van der Waals surface area (Å²) in [4.78, 5) is 66.8. The number of benzene rings is 3. The van der Waals surface area contributed by atoms with E-state index < -0.39 is 12.2 Å². The molecule has 0 saturated carbocycles. The van der Waals surface area contributed by atoms with Gasteiger partial charge in [0.2, 0.25) is 17.7 Å². The van der Waals surface area contributed by atoms with Crippen LogP contribution in [-0.4, -0.2) is 104 Å². The van der Waals surface area contributed by atoms with Gasteiger partial charge in [0, 0.05) is 58.2 Å². The van der Waals surface area contributed by atoms with E-state index in [1.54, 1.807) is 62.6 Å². The molecule has 0 radical (unpaired) electrons. The van der Waals surface area contributed by atoms with Crippen molar-refractivity contribution in [2.75, 3.05) is 43.4 Å². The highest BCUT2D eigenvalue weighted by atomic mass is 16.3. The van der Waals surface area contributed by atoms with E-state index in [9.17, 15) is 24.3 Å². The van der Waals surface area contributed by atoms with Crippen molar-refractivity contribution in [2.24, 2.45) is 13.0 Å². The molecule has 7 rings (SSSR count). The number of hydrogen-bond donors (Lipinski definition) is 2. The molecule has 5 aromatic rings. The van der Waals surface area contributed by atoms with E-state index >= 15 is 0 Å². The van der Waals surface area contributed by atoms with E-state index in [2.05, 4.69) is 35.6 Å². The molecule has 2 aliphatic heterocycles. The summed E-state index contributed by atoms with van der Waals surface area (Å²) in [6, 6.07) is 24.9. The fourth-order valence-corrected chi connectivity index (χ4v) is 8.36. The third kappa shape index (κ3) is 8.85. The number of aromatic hydroxyl groups is 1. The number of rotatable bonds is 14. The zero-order valence-electron chi connectivity index (χ0n) is 34.1. The van der Waals surface area contributed by atoms with E-state index in [0.717, 1.165) is 40.0 Å². The molecule has 2 N–H and O–H groups in total. The molecule has 2 saturated heterocycles. The summed E-state index contributed by atoms with van der Waals surface area (Å²) in [5.41, 5.74) is 4.42. The molecule has 2 aliphatic rings. The van der Waals surface area contributed by atoms with E-state index in [4.69, 9.17) is 0 Å². The first-order chi connectivity index (χ1) is 28.4. The van der Waals surface area contributed by atoms with Crippen molar-refractivity contribution in [2.45, 2.75) is 51.9 Å². The van der Waals surface area contributed by atoms with Crippen molar-refractivity contribution in [3.63, 3.8) is 0 Å². The predicted molar refractivity (Wildman–Crippen MR) is 228 cm³/mol. The second-order valence-corrected chi connectivity index (χ2v) is 15.8. The first-order valence-electron chi connectivity index (χ1n) is 20.1. The Morgan fingerprint density at radius 2 is 1.76 bits per heavy atom. The summed E-state index contributed by atoms with van der Waals surface area (Å²) in [5.74, 6) is 0.427. The summed E-state index contributed by atoms with van der Waals surface area (Å²) in [6.45, 7) is 9.49. The Labute approximate surface area is 345 Å². The molecule has 0 spiro atoms. The number of carbonyl (C=O) groups is 4. The topological polar surface area (TPSA) is 135 Å². The number of phenolic OH excluding ortho intramolecular Hbond substituents is 1. The molecule has 306 valence electrons. The minimum absolute atomic E-state index is 0.0743. The van der Waals surface area contributed by atoms with E-state index in [-0.39, 0.29) is 68.4 Å². The van der Waals surface area contributed by atoms with Gasteiger partial charge in [0.15, 0.2) is 0 Å². The number of hydrogen-bond acceptors (Lipinski definition) is 8. The van der Waals surface area contributed by atoms with Gasteiger partial charge in [0.1, 0.15) is 23.8 Å². The SMILES string of the molecule is C=CCN1CC(=O)N2C(Cc3ccc(O)cc3)C(=O)N(Cc3cccc4c(C(=O)Nc5ccc(N(C)CC(C)C)nc5)cn(C)c34)CC2N1C(=O)CCc1ccccc1. The summed E-state index contributed by atoms with van der Waals surface area (Å²) in [6.07, 6.45) is 5.24. The lowest BCUT2D eigenvalue weighted by Gasteiger charge is -2.55. The Kier molecular flexibility index (Phi) is 12.1. The molecular weight excluding hydrogens is 745 g/mol. The van der Waals surface area contributed by atoms with Crippen molar-refractivity contribution >= 4 is 46.0 Å². The molecule has 13 heteroatoms. The second kappa shape index (κ2) is 17.6. The van der Waals surface area contributed by atoms with E-state index in [0.29, 0.717) is 23.6 Å². The van der Waals surface area contributed by atoms with Crippen molar-refractivity contribution in [1.82, 2.24) is 29.4 Å². The molecule has 3 aromatic carbocycles. The number of carbonyl (C=O) groups excluding carboxylic acids is 4. The number of pyridine rings is 1. The quantitative estimate of drug-likeness (QED) is 0.139.